The number of anilines is 1. The van der Waals surface area contributed by atoms with Gasteiger partial charge in [-0.25, -0.2) is 0 Å². The second kappa shape index (κ2) is 7.27. The summed E-state index contributed by atoms with van der Waals surface area (Å²) < 4.78 is 10.6. The summed E-state index contributed by atoms with van der Waals surface area (Å²) in [5.41, 5.74) is 2.30. The molecular weight excluding hydrogens is 282 g/mol. The molecule has 0 spiro atoms. The maximum atomic E-state index is 5.37. The summed E-state index contributed by atoms with van der Waals surface area (Å²) in [6.07, 6.45) is 2.08. The van der Waals surface area contributed by atoms with Gasteiger partial charge in [-0.05, 0) is 43.0 Å². The predicted molar refractivity (Wildman–Crippen MR) is 89.8 cm³/mol. The molecule has 112 valence electrons. The summed E-state index contributed by atoms with van der Waals surface area (Å²) in [5.74, 6) is 1.50. The number of methoxy groups -OCH3 is 2. The Morgan fingerprint density at radius 2 is 1.71 bits per heavy atom. The summed E-state index contributed by atoms with van der Waals surface area (Å²) in [4.78, 5) is 1.24. The minimum atomic E-state index is 0.179. The molecule has 0 bridgehead atoms. The van der Waals surface area contributed by atoms with E-state index in [1.165, 1.54) is 4.90 Å². The first-order valence-corrected chi connectivity index (χ1v) is 8.03. The first kappa shape index (κ1) is 15.6. The lowest BCUT2D eigenvalue weighted by molar-refractivity contribution is 0.354. The fourth-order valence-corrected chi connectivity index (χ4v) is 2.76. The van der Waals surface area contributed by atoms with E-state index in [0.29, 0.717) is 0 Å². The third kappa shape index (κ3) is 3.64. The lowest BCUT2D eigenvalue weighted by Crippen LogP contribution is -2.07. The molecule has 0 aromatic heterocycles. The van der Waals surface area contributed by atoms with Crippen LogP contribution in [-0.4, -0.2) is 20.5 Å². The van der Waals surface area contributed by atoms with Crippen molar-refractivity contribution in [2.45, 2.75) is 17.9 Å². The van der Waals surface area contributed by atoms with Gasteiger partial charge >= 0.3 is 0 Å². The number of nitrogens with one attached hydrogen (secondary N) is 1. The quantitative estimate of drug-likeness (QED) is 0.790. The van der Waals surface area contributed by atoms with Crippen LogP contribution in [0.2, 0.25) is 0 Å². The second-order valence-corrected chi connectivity index (χ2v) is 5.53. The Morgan fingerprint density at radius 3 is 2.38 bits per heavy atom. The van der Waals surface area contributed by atoms with Crippen molar-refractivity contribution < 1.29 is 9.47 Å². The highest BCUT2D eigenvalue weighted by molar-refractivity contribution is 7.98. The average molecular weight is 303 g/mol. The van der Waals surface area contributed by atoms with Gasteiger partial charge in [0.15, 0.2) is 11.5 Å². The predicted octanol–water partition coefficient (Wildman–Crippen LogP) is 4.60. The number of ether oxygens (including phenoxy) is 2. The van der Waals surface area contributed by atoms with Gasteiger partial charge in [0, 0.05) is 16.6 Å². The Morgan fingerprint density at radius 1 is 1.00 bits per heavy atom. The summed E-state index contributed by atoms with van der Waals surface area (Å²) >= 11 is 1.74. The van der Waals surface area contributed by atoms with Gasteiger partial charge < -0.3 is 14.8 Å². The van der Waals surface area contributed by atoms with E-state index in [1.54, 1.807) is 26.0 Å². The summed E-state index contributed by atoms with van der Waals surface area (Å²) in [6.45, 7) is 2.14. The molecule has 0 fully saturated rings. The molecule has 0 radical (unpaired) electrons. The van der Waals surface area contributed by atoms with Gasteiger partial charge in [-0.3, -0.25) is 0 Å². The molecule has 2 aromatic carbocycles. The molecule has 0 aliphatic carbocycles. The van der Waals surface area contributed by atoms with Crippen molar-refractivity contribution in [3.63, 3.8) is 0 Å². The van der Waals surface area contributed by atoms with Crippen LogP contribution < -0.4 is 14.8 Å². The third-order valence-corrected chi connectivity index (χ3v) is 4.18. The number of hydrogen-bond donors (Lipinski definition) is 1. The zero-order valence-electron chi connectivity index (χ0n) is 12.8. The Bertz CT molecular complexity index is 601. The standard InChI is InChI=1S/C17H21NO2S/c1-12(18-14-7-5-6-8-17(14)21-4)13-9-10-15(19-2)16(11-13)20-3/h5-12,18H,1-4H3. The molecule has 0 heterocycles. The van der Waals surface area contributed by atoms with Crippen LogP contribution in [-0.2, 0) is 0 Å². The van der Waals surface area contributed by atoms with Gasteiger partial charge in [0.2, 0.25) is 0 Å². The highest BCUT2D eigenvalue weighted by atomic mass is 32.2. The zero-order valence-corrected chi connectivity index (χ0v) is 13.7. The molecule has 4 heteroatoms. The Balaban J connectivity index is 2.22. The van der Waals surface area contributed by atoms with E-state index >= 15 is 0 Å². The molecule has 3 nitrogen and oxygen atoms in total. The first-order chi connectivity index (χ1) is 10.2. The minimum Gasteiger partial charge on any atom is -0.493 e. The van der Waals surface area contributed by atoms with E-state index in [2.05, 4.69) is 42.8 Å². The largest absolute Gasteiger partial charge is 0.493 e. The van der Waals surface area contributed by atoms with Crippen LogP contribution in [0, 0.1) is 0 Å². The van der Waals surface area contributed by atoms with Gasteiger partial charge in [0.25, 0.3) is 0 Å². The molecule has 1 unspecified atom stereocenters. The fraction of sp³-hybridized carbons (Fsp3) is 0.294. The molecule has 0 saturated heterocycles. The number of benzene rings is 2. The Kier molecular flexibility index (Phi) is 5.39. The SMILES string of the molecule is COc1ccc(C(C)Nc2ccccc2SC)cc1OC. The Labute approximate surface area is 130 Å². The first-order valence-electron chi connectivity index (χ1n) is 6.81. The van der Waals surface area contributed by atoms with E-state index in [4.69, 9.17) is 9.47 Å². The van der Waals surface area contributed by atoms with Gasteiger partial charge in [-0.2, -0.15) is 0 Å². The van der Waals surface area contributed by atoms with Crippen LogP contribution in [0.4, 0.5) is 5.69 Å². The maximum absolute atomic E-state index is 5.37. The topological polar surface area (TPSA) is 30.5 Å². The fourth-order valence-electron chi connectivity index (χ4n) is 2.20. The van der Waals surface area contributed by atoms with E-state index in [9.17, 15) is 0 Å². The van der Waals surface area contributed by atoms with Gasteiger partial charge in [0.05, 0.1) is 14.2 Å². The molecular formula is C17H21NO2S. The maximum Gasteiger partial charge on any atom is 0.161 e. The van der Waals surface area contributed by atoms with E-state index in [0.717, 1.165) is 22.7 Å². The van der Waals surface area contributed by atoms with Crippen molar-refractivity contribution in [2.75, 3.05) is 25.8 Å². The average Bonchev–Trinajstić information content (AvgIpc) is 2.54. The summed E-state index contributed by atoms with van der Waals surface area (Å²) in [5, 5.41) is 3.55. The van der Waals surface area contributed by atoms with Crippen molar-refractivity contribution in [3.05, 3.63) is 48.0 Å². The monoisotopic (exact) mass is 303 g/mol. The van der Waals surface area contributed by atoms with Crippen LogP contribution in [0.25, 0.3) is 0 Å². The molecule has 1 N–H and O–H groups in total. The molecule has 2 rings (SSSR count). The number of thioether (sulfide) groups is 1. The third-order valence-electron chi connectivity index (χ3n) is 3.39. The molecule has 0 saturated carbocycles. The van der Waals surface area contributed by atoms with Gasteiger partial charge in [-0.15, -0.1) is 11.8 Å². The summed E-state index contributed by atoms with van der Waals surface area (Å²) in [6, 6.07) is 14.5. The smallest absolute Gasteiger partial charge is 0.161 e. The van der Waals surface area contributed by atoms with Gasteiger partial charge in [0.1, 0.15) is 0 Å². The van der Waals surface area contributed by atoms with Crippen molar-refractivity contribution in [3.8, 4) is 11.5 Å². The second-order valence-electron chi connectivity index (χ2n) is 4.68. The molecule has 0 amide bonds. The van der Waals surface area contributed by atoms with E-state index in [-0.39, 0.29) is 6.04 Å². The number of rotatable bonds is 6. The zero-order chi connectivity index (χ0) is 15.2. The lowest BCUT2D eigenvalue weighted by atomic mass is 10.1. The Hall–Kier alpha value is -1.81. The van der Waals surface area contributed by atoms with Crippen LogP contribution in [0.3, 0.4) is 0 Å². The normalized spacial score (nSPS) is 11.8. The van der Waals surface area contributed by atoms with Crippen molar-refractivity contribution in [1.82, 2.24) is 0 Å². The van der Waals surface area contributed by atoms with Gasteiger partial charge in [-0.1, -0.05) is 18.2 Å². The molecule has 1 atom stereocenters. The van der Waals surface area contributed by atoms with Crippen LogP contribution in [0.15, 0.2) is 47.4 Å². The van der Waals surface area contributed by atoms with Crippen molar-refractivity contribution in [1.29, 1.82) is 0 Å². The van der Waals surface area contributed by atoms with Crippen molar-refractivity contribution >= 4 is 17.4 Å². The lowest BCUT2D eigenvalue weighted by Gasteiger charge is -2.19. The minimum absolute atomic E-state index is 0.179. The molecule has 0 aliphatic rings. The van der Waals surface area contributed by atoms with Crippen LogP contribution in [0.1, 0.15) is 18.5 Å². The number of para-hydroxylation sites is 1. The molecule has 2 aromatic rings. The van der Waals surface area contributed by atoms with E-state index < -0.39 is 0 Å². The molecule has 0 aliphatic heterocycles. The van der Waals surface area contributed by atoms with Crippen LogP contribution in [0.5, 0.6) is 11.5 Å². The number of hydrogen-bond acceptors (Lipinski definition) is 4. The van der Waals surface area contributed by atoms with Crippen molar-refractivity contribution in [2.24, 2.45) is 0 Å². The van der Waals surface area contributed by atoms with Crippen LogP contribution >= 0.6 is 11.8 Å². The highest BCUT2D eigenvalue weighted by Crippen LogP contribution is 2.32. The summed E-state index contributed by atoms with van der Waals surface area (Å²) in [7, 11) is 3.30. The van der Waals surface area contributed by atoms with E-state index in [1.807, 2.05) is 18.2 Å². The highest BCUT2D eigenvalue weighted by Gasteiger charge is 2.11. The molecule has 21 heavy (non-hydrogen) atoms.